The summed E-state index contributed by atoms with van der Waals surface area (Å²) in [5.74, 6) is 2.37. The number of ether oxygens (including phenoxy) is 2. The minimum Gasteiger partial charge on any atom is -0.457 e. The first kappa shape index (κ1) is 29.4. The number of allylic oxidation sites excluding steroid dienone is 6. The first-order chi connectivity index (χ1) is 20.5. The van der Waals surface area contributed by atoms with E-state index >= 15 is 0 Å². The van der Waals surface area contributed by atoms with Crippen molar-refractivity contribution >= 4 is 23.2 Å². The second kappa shape index (κ2) is 15.2. The number of hydrogen-bond donors (Lipinski definition) is 2. The summed E-state index contributed by atoms with van der Waals surface area (Å²) in [7, 11) is 0. The molecule has 4 aromatic rings. The van der Waals surface area contributed by atoms with E-state index in [9.17, 15) is 9.59 Å². The number of benzene rings is 4. The molecule has 0 atom stereocenters. The van der Waals surface area contributed by atoms with Crippen LogP contribution in [0.15, 0.2) is 146 Å². The van der Waals surface area contributed by atoms with Crippen LogP contribution in [-0.2, 0) is 9.59 Å². The maximum Gasteiger partial charge on any atom is 0.248 e. The first-order valence-electron chi connectivity index (χ1n) is 13.5. The van der Waals surface area contributed by atoms with Gasteiger partial charge in [-0.05, 0) is 97.8 Å². The fraction of sp³-hybridized carbons (Fsp3) is 0.0556. The number of rotatable bonds is 11. The van der Waals surface area contributed by atoms with Gasteiger partial charge in [-0.3, -0.25) is 9.59 Å². The van der Waals surface area contributed by atoms with E-state index < -0.39 is 0 Å². The van der Waals surface area contributed by atoms with Crippen LogP contribution >= 0.6 is 0 Å². The van der Waals surface area contributed by atoms with Gasteiger partial charge in [0.25, 0.3) is 0 Å². The van der Waals surface area contributed by atoms with Crippen LogP contribution in [0.2, 0.25) is 0 Å². The summed E-state index contributed by atoms with van der Waals surface area (Å²) in [6, 6.07) is 30.1. The van der Waals surface area contributed by atoms with Crippen molar-refractivity contribution in [3.05, 3.63) is 146 Å². The van der Waals surface area contributed by atoms with Gasteiger partial charge >= 0.3 is 0 Å². The molecule has 0 saturated carbocycles. The Morgan fingerprint density at radius 2 is 0.786 bits per heavy atom. The van der Waals surface area contributed by atoms with E-state index in [1.807, 2.05) is 98.8 Å². The number of carbonyl (C=O) groups is 2. The molecule has 4 rings (SSSR count). The van der Waals surface area contributed by atoms with Crippen molar-refractivity contribution in [2.75, 3.05) is 10.6 Å². The molecule has 2 amide bonds. The molecule has 0 aliphatic rings. The standard InChI is InChI=1S/C36H32N2O4/c1-3-5-7-9-35(39)37-29-15-23-33(24-16-29)41-31-19-11-27(12-20-31)28-13-21-32(22-14-28)42-34-25-17-30(18-26-34)38-36(40)10-8-6-4-2/h3-26H,1-2H3,(H,37,39)(H,38,40). The summed E-state index contributed by atoms with van der Waals surface area (Å²) >= 11 is 0. The molecule has 0 aliphatic heterocycles. The zero-order chi connectivity index (χ0) is 29.6. The molecule has 42 heavy (non-hydrogen) atoms. The molecule has 0 heterocycles. The van der Waals surface area contributed by atoms with Gasteiger partial charge in [0.15, 0.2) is 0 Å². The van der Waals surface area contributed by atoms with Crippen molar-refractivity contribution in [2.45, 2.75) is 13.8 Å². The Kier molecular flexibility index (Phi) is 10.7. The maximum absolute atomic E-state index is 11.9. The van der Waals surface area contributed by atoms with Crippen molar-refractivity contribution in [3.63, 3.8) is 0 Å². The highest BCUT2D eigenvalue weighted by Gasteiger charge is 2.04. The van der Waals surface area contributed by atoms with Crippen LogP contribution in [0.25, 0.3) is 11.1 Å². The lowest BCUT2D eigenvalue weighted by Gasteiger charge is -2.10. The van der Waals surface area contributed by atoms with Gasteiger partial charge < -0.3 is 20.1 Å². The Bertz CT molecular complexity index is 1460. The summed E-state index contributed by atoms with van der Waals surface area (Å²) in [6.07, 6.45) is 13.6. The molecule has 0 fully saturated rings. The van der Waals surface area contributed by atoms with E-state index in [1.54, 1.807) is 48.6 Å². The van der Waals surface area contributed by atoms with Gasteiger partial charge in [-0.15, -0.1) is 0 Å². The average molecular weight is 557 g/mol. The number of nitrogens with one attached hydrogen (secondary N) is 2. The minimum atomic E-state index is -0.193. The fourth-order valence-corrected chi connectivity index (χ4v) is 3.79. The third-order valence-corrected chi connectivity index (χ3v) is 5.86. The highest BCUT2D eigenvalue weighted by molar-refractivity contribution is 6.00. The van der Waals surface area contributed by atoms with Crippen molar-refractivity contribution in [2.24, 2.45) is 0 Å². The fourth-order valence-electron chi connectivity index (χ4n) is 3.79. The molecule has 2 N–H and O–H groups in total. The van der Waals surface area contributed by atoms with Gasteiger partial charge in [0.1, 0.15) is 23.0 Å². The zero-order valence-electron chi connectivity index (χ0n) is 23.5. The van der Waals surface area contributed by atoms with Gasteiger partial charge in [-0.25, -0.2) is 0 Å². The number of anilines is 2. The molecule has 0 spiro atoms. The first-order valence-corrected chi connectivity index (χ1v) is 13.5. The van der Waals surface area contributed by atoms with E-state index in [1.165, 1.54) is 12.2 Å². The highest BCUT2D eigenvalue weighted by atomic mass is 16.5. The highest BCUT2D eigenvalue weighted by Crippen LogP contribution is 2.29. The third kappa shape index (κ3) is 9.24. The van der Waals surface area contributed by atoms with Gasteiger partial charge in [0, 0.05) is 23.5 Å². The Morgan fingerprint density at radius 3 is 1.10 bits per heavy atom. The molecule has 0 aliphatic carbocycles. The third-order valence-electron chi connectivity index (χ3n) is 5.86. The number of carbonyl (C=O) groups excluding carboxylic acids is 2. The van der Waals surface area contributed by atoms with E-state index in [2.05, 4.69) is 10.6 Å². The predicted molar refractivity (Wildman–Crippen MR) is 170 cm³/mol. The molecule has 0 radical (unpaired) electrons. The van der Waals surface area contributed by atoms with Crippen molar-refractivity contribution in [1.82, 2.24) is 0 Å². The van der Waals surface area contributed by atoms with Crippen LogP contribution in [-0.4, -0.2) is 11.8 Å². The molecular formula is C36H32N2O4. The Labute approximate surface area is 246 Å². The van der Waals surface area contributed by atoms with Gasteiger partial charge in [0.05, 0.1) is 0 Å². The second-order valence-corrected chi connectivity index (χ2v) is 9.05. The smallest absolute Gasteiger partial charge is 0.248 e. The van der Waals surface area contributed by atoms with E-state index in [0.717, 1.165) is 11.1 Å². The van der Waals surface area contributed by atoms with Crippen LogP contribution in [0, 0.1) is 0 Å². The molecule has 0 unspecified atom stereocenters. The summed E-state index contributed by atoms with van der Waals surface area (Å²) in [6.45, 7) is 3.78. The normalized spacial score (nSPS) is 11.4. The molecular weight excluding hydrogens is 524 g/mol. The van der Waals surface area contributed by atoms with Crippen molar-refractivity contribution in [1.29, 1.82) is 0 Å². The summed E-state index contributed by atoms with van der Waals surface area (Å²) < 4.78 is 11.9. The molecule has 6 heteroatoms. The molecule has 0 bridgehead atoms. The molecule has 0 aromatic heterocycles. The Morgan fingerprint density at radius 1 is 0.476 bits per heavy atom. The molecule has 0 saturated heterocycles. The topological polar surface area (TPSA) is 76.7 Å². The average Bonchev–Trinajstić information content (AvgIpc) is 3.00. The van der Waals surface area contributed by atoms with Crippen molar-refractivity contribution in [3.8, 4) is 34.1 Å². The van der Waals surface area contributed by atoms with Crippen LogP contribution < -0.4 is 20.1 Å². The summed E-state index contributed by atoms with van der Waals surface area (Å²) in [5, 5.41) is 5.62. The second-order valence-electron chi connectivity index (χ2n) is 9.05. The SMILES string of the molecule is CC=CC=CC(=O)Nc1ccc(Oc2ccc(-c3ccc(Oc4ccc(NC(=O)C=CC=CC)cc4)cc3)cc2)cc1. The van der Waals surface area contributed by atoms with E-state index in [0.29, 0.717) is 34.4 Å². The molecule has 210 valence electrons. The van der Waals surface area contributed by atoms with Crippen LogP contribution in [0.4, 0.5) is 11.4 Å². The molecule has 4 aromatic carbocycles. The molecule has 6 nitrogen and oxygen atoms in total. The van der Waals surface area contributed by atoms with Crippen LogP contribution in [0.3, 0.4) is 0 Å². The summed E-state index contributed by atoms with van der Waals surface area (Å²) in [4.78, 5) is 23.8. The minimum absolute atomic E-state index is 0.193. The quantitative estimate of drug-likeness (QED) is 0.143. The lowest BCUT2D eigenvalue weighted by molar-refractivity contribution is -0.112. The Balaban J connectivity index is 1.29. The Hall–Kier alpha value is -5.62. The monoisotopic (exact) mass is 556 g/mol. The maximum atomic E-state index is 11.9. The largest absolute Gasteiger partial charge is 0.457 e. The summed E-state index contributed by atoms with van der Waals surface area (Å²) in [5.41, 5.74) is 3.47. The van der Waals surface area contributed by atoms with E-state index in [-0.39, 0.29) is 11.8 Å². The number of hydrogen-bond acceptors (Lipinski definition) is 4. The van der Waals surface area contributed by atoms with Gasteiger partial charge in [0.2, 0.25) is 11.8 Å². The van der Waals surface area contributed by atoms with Gasteiger partial charge in [-0.2, -0.15) is 0 Å². The number of amides is 2. The van der Waals surface area contributed by atoms with Crippen molar-refractivity contribution < 1.29 is 19.1 Å². The zero-order valence-corrected chi connectivity index (χ0v) is 23.5. The van der Waals surface area contributed by atoms with Crippen LogP contribution in [0.1, 0.15) is 13.8 Å². The predicted octanol–water partition coefficient (Wildman–Crippen LogP) is 9.08. The van der Waals surface area contributed by atoms with Crippen LogP contribution in [0.5, 0.6) is 23.0 Å². The van der Waals surface area contributed by atoms with E-state index in [4.69, 9.17) is 9.47 Å². The van der Waals surface area contributed by atoms with Gasteiger partial charge in [-0.1, -0.05) is 60.7 Å². The lowest BCUT2D eigenvalue weighted by atomic mass is 10.1. The lowest BCUT2D eigenvalue weighted by Crippen LogP contribution is -2.07.